The number of nitrogens with one attached hydrogen (secondary N) is 1. The Labute approximate surface area is 115 Å². The largest absolute Gasteiger partial charge is 0.307 e. The molecule has 0 fully saturated rings. The fourth-order valence-electron chi connectivity index (χ4n) is 3.02. The molecule has 19 heavy (non-hydrogen) atoms. The molecule has 0 aliphatic heterocycles. The van der Waals surface area contributed by atoms with Crippen LogP contribution in [0.2, 0.25) is 0 Å². The highest BCUT2D eigenvalue weighted by molar-refractivity contribution is 5.86. The van der Waals surface area contributed by atoms with E-state index in [1.807, 2.05) is 0 Å². The quantitative estimate of drug-likeness (QED) is 0.786. The zero-order valence-corrected chi connectivity index (χ0v) is 11.5. The summed E-state index contributed by atoms with van der Waals surface area (Å²) in [5.74, 6) is 0. The Morgan fingerprint density at radius 2 is 1.89 bits per heavy atom. The fourth-order valence-corrected chi connectivity index (χ4v) is 3.02. The smallest absolute Gasteiger partial charge is 0.0300 e. The Balaban J connectivity index is 1.84. The minimum atomic E-state index is 0.405. The number of benzene rings is 2. The summed E-state index contributed by atoms with van der Waals surface area (Å²) < 4.78 is 0. The Morgan fingerprint density at radius 3 is 2.74 bits per heavy atom. The van der Waals surface area contributed by atoms with Crippen molar-refractivity contribution < 1.29 is 0 Å². The lowest BCUT2D eigenvalue weighted by Gasteiger charge is -2.25. The van der Waals surface area contributed by atoms with Crippen molar-refractivity contribution in [3.63, 3.8) is 0 Å². The van der Waals surface area contributed by atoms with E-state index in [1.165, 1.54) is 29.2 Å². The van der Waals surface area contributed by atoms with Crippen LogP contribution in [0.15, 0.2) is 54.6 Å². The first kappa shape index (κ1) is 12.4. The zero-order valence-electron chi connectivity index (χ0n) is 11.5. The SMILES string of the molecule is CC(NC1CC=CCC1)c1cccc2ccccc12. The van der Waals surface area contributed by atoms with E-state index in [-0.39, 0.29) is 0 Å². The van der Waals surface area contributed by atoms with Crippen molar-refractivity contribution in [3.05, 3.63) is 60.2 Å². The van der Waals surface area contributed by atoms with Crippen LogP contribution in [-0.2, 0) is 0 Å². The maximum Gasteiger partial charge on any atom is 0.0300 e. The van der Waals surface area contributed by atoms with Crippen LogP contribution in [-0.4, -0.2) is 6.04 Å². The summed E-state index contributed by atoms with van der Waals surface area (Å²) >= 11 is 0. The molecule has 1 N–H and O–H groups in total. The zero-order chi connectivity index (χ0) is 13.1. The van der Waals surface area contributed by atoms with Crippen LogP contribution < -0.4 is 5.32 Å². The van der Waals surface area contributed by atoms with E-state index in [1.54, 1.807) is 0 Å². The van der Waals surface area contributed by atoms with Gasteiger partial charge in [-0.25, -0.2) is 0 Å². The van der Waals surface area contributed by atoms with Crippen LogP contribution in [0.25, 0.3) is 10.8 Å². The van der Waals surface area contributed by atoms with Crippen LogP contribution in [0.5, 0.6) is 0 Å². The Bertz CT molecular complexity index is 580. The van der Waals surface area contributed by atoms with Gasteiger partial charge in [0.15, 0.2) is 0 Å². The van der Waals surface area contributed by atoms with Crippen molar-refractivity contribution in [2.45, 2.75) is 38.3 Å². The van der Waals surface area contributed by atoms with Crippen molar-refractivity contribution in [1.29, 1.82) is 0 Å². The number of hydrogen-bond acceptors (Lipinski definition) is 1. The first-order valence-corrected chi connectivity index (χ1v) is 7.23. The van der Waals surface area contributed by atoms with Gasteiger partial charge < -0.3 is 5.32 Å². The van der Waals surface area contributed by atoms with E-state index < -0.39 is 0 Å². The summed E-state index contributed by atoms with van der Waals surface area (Å²) in [7, 11) is 0. The van der Waals surface area contributed by atoms with Crippen molar-refractivity contribution in [2.75, 3.05) is 0 Å². The predicted octanol–water partition coefficient (Wildman–Crippen LogP) is 4.60. The normalized spacial score (nSPS) is 20.6. The maximum absolute atomic E-state index is 3.78. The molecule has 2 aromatic carbocycles. The van der Waals surface area contributed by atoms with Crippen LogP contribution in [0.4, 0.5) is 0 Å². The van der Waals surface area contributed by atoms with Gasteiger partial charge in [0.05, 0.1) is 0 Å². The number of hydrogen-bond donors (Lipinski definition) is 1. The van der Waals surface area contributed by atoms with Gasteiger partial charge >= 0.3 is 0 Å². The Hall–Kier alpha value is -1.60. The highest BCUT2D eigenvalue weighted by Crippen LogP contribution is 2.25. The summed E-state index contributed by atoms with van der Waals surface area (Å²) in [6.07, 6.45) is 8.22. The van der Waals surface area contributed by atoms with Gasteiger partial charge in [0.2, 0.25) is 0 Å². The average Bonchev–Trinajstić information content (AvgIpc) is 2.47. The summed E-state index contributed by atoms with van der Waals surface area (Å²) in [5.41, 5.74) is 1.41. The van der Waals surface area contributed by atoms with E-state index in [0.717, 1.165) is 6.42 Å². The van der Waals surface area contributed by atoms with Gasteiger partial charge in [-0.2, -0.15) is 0 Å². The van der Waals surface area contributed by atoms with E-state index in [9.17, 15) is 0 Å². The molecule has 2 atom stereocenters. The molecule has 0 bridgehead atoms. The second-order valence-electron chi connectivity index (χ2n) is 5.44. The molecule has 98 valence electrons. The number of fused-ring (bicyclic) bond motifs is 1. The lowest BCUT2D eigenvalue weighted by atomic mass is 9.96. The van der Waals surface area contributed by atoms with Crippen molar-refractivity contribution in [1.82, 2.24) is 5.32 Å². The highest BCUT2D eigenvalue weighted by Gasteiger charge is 2.15. The topological polar surface area (TPSA) is 12.0 Å². The molecule has 1 aliphatic carbocycles. The molecule has 2 unspecified atom stereocenters. The van der Waals surface area contributed by atoms with Gasteiger partial charge in [-0.05, 0) is 42.5 Å². The summed E-state index contributed by atoms with van der Waals surface area (Å²) in [4.78, 5) is 0. The minimum Gasteiger partial charge on any atom is -0.307 e. The molecule has 1 heteroatoms. The second kappa shape index (κ2) is 5.58. The molecule has 2 aromatic rings. The summed E-state index contributed by atoms with van der Waals surface area (Å²) in [5, 5.41) is 6.48. The molecule has 0 saturated carbocycles. The van der Waals surface area contributed by atoms with Gasteiger partial charge in [-0.15, -0.1) is 0 Å². The number of rotatable bonds is 3. The molecule has 3 rings (SSSR count). The van der Waals surface area contributed by atoms with Gasteiger partial charge in [-0.1, -0.05) is 54.6 Å². The molecule has 0 aromatic heterocycles. The molecule has 1 aliphatic rings. The third-order valence-corrected chi connectivity index (χ3v) is 4.04. The van der Waals surface area contributed by atoms with Crippen molar-refractivity contribution in [2.24, 2.45) is 0 Å². The third kappa shape index (κ3) is 2.71. The molecule has 1 nitrogen and oxygen atoms in total. The van der Waals surface area contributed by atoms with Gasteiger partial charge in [-0.3, -0.25) is 0 Å². The summed E-state index contributed by atoms with van der Waals surface area (Å²) in [6.45, 7) is 2.28. The van der Waals surface area contributed by atoms with Crippen molar-refractivity contribution in [3.8, 4) is 0 Å². The van der Waals surface area contributed by atoms with Crippen molar-refractivity contribution >= 4 is 10.8 Å². The van der Waals surface area contributed by atoms with E-state index in [2.05, 4.69) is 66.9 Å². The van der Waals surface area contributed by atoms with Crippen LogP contribution in [0.1, 0.15) is 37.8 Å². The van der Waals surface area contributed by atoms with E-state index in [0.29, 0.717) is 12.1 Å². The average molecular weight is 251 g/mol. The first-order chi connectivity index (χ1) is 9.34. The molecule has 0 spiro atoms. The van der Waals surface area contributed by atoms with Crippen LogP contribution in [0, 0.1) is 0 Å². The predicted molar refractivity (Wildman–Crippen MR) is 82.3 cm³/mol. The Morgan fingerprint density at radius 1 is 1.05 bits per heavy atom. The van der Waals surface area contributed by atoms with Gasteiger partial charge in [0.25, 0.3) is 0 Å². The molecule has 0 heterocycles. The van der Waals surface area contributed by atoms with Gasteiger partial charge in [0.1, 0.15) is 0 Å². The Kier molecular flexibility index (Phi) is 3.65. The monoisotopic (exact) mass is 251 g/mol. The molecule has 0 radical (unpaired) electrons. The number of allylic oxidation sites excluding steroid dienone is 1. The second-order valence-corrected chi connectivity index (χ2v) is 5.44. The van der Waals surface area contributed by atoms with Crippen LogP contribution in [0.3, 0.4) is 0 Å². The standard InChI is InChI=1S/C18H21N/c1-14(19-16-10-3-2-4-11-16)17-13-7-9-15-8-5-6-12-18(15)17/h2-3,5-9,12-14,16,19H,4,10-11H2,1H3. The highest BCUT2D eigenvalue weighted by atomic mass is 14.9. The van der Waals surface area contributed by atoms with Crippen LogP contribution >= 0.6 is 0 Å². The van der Waals surface area contributed by atoms with E-state index in [4.69, 9.17) is 0 Å². The van der Waals surface area contributed by atoms with E-state index >= 15 is 0 Å². The summed E-state index contributed by atoms with van der Waals surface area (Å²) in [6, 6.07) is 16.3. The third-order valence-electron chi connectivity index (χ3n) is 4.04. The molecular formula is C18H21N. The minimum absolute atomic E-state index is 0.405. The molecular weight excluding hydrogens is 230 g/mol. The molecule has 0 saturated heterocycles. The molecule has 0 amide bonds. The fraction of sp³-hybridized carbons (Fsp3) is 0.333. The lowest BCUT2D eigenvalue weighted by molar-refractivity contribution is 0.427. The first-order valence-electron chi connectivity index (χ1n) is 7.23. The maximum atomic E-state index is 3.78. The van der Waals surface area contributed by atoms with Gasteiger partial charge in [0, 0.05) is 12.1 Å². The lowest BCUT2D eigenvalue weighted by Crippen LogP contribution is -2.32.